The second-order valence-corrected chi connectivity index (χ2v) is 6.79. The normalized spacial score (nSPS) is 25.7. The summed E-state index contributed by atoms with van der Waals surface area (Å²) in [5.74, 6) is 1.13. The molecule has 1 aromatic carbocycles. The first-order valence-electron chi connectivity index (χ1n) is 9.03. The Kier molecular flexibility index (Phi) is 5.74. The van der Waals surface area contributed by atoms with Crippen LogP contribution < -0.4 is 10.5 Å². The number of rotatable bonds is 6. The van der Waals surface area contributed by atoms with Crippen LogP contribution in [0.1, 0.15) is 31.7 Å². The number of ether oxygens (including phenoxy) is 2. The third-order valence-corrected chi connectivity index (χ3v) is 5.26. The second kappa shape index (κ2) is 7.99. The van der Waals surface area contributed by atoms with Crippen LogP contribution >= 0.6 is 0 Å². The molecule has 0 aliphatic carbocycles. The number of nitrogens with two attached hydrogens (primary N) is 1. The van der Waals surface area contributed by atoms with E-state index in [1.807, 2.05) is 19.1 Å². The van der Waals surface area contributed by atoms with E-state index in [4.69, 9.17) is 15.2 Å². The van der Waals surface area contributed by atoms with E-state index in [0.717, 1.165) is 44.6 Å². The number of likely N-dealkylation sites (tertiary alicyclic amines) is 1. The van der Waals surface area contributed by atoms with Crippen LogP contribution in [-0.4, -0.2) is 43.2 Å². The monoisotopic (exact) mass is 332 g/mol. The Morgan fingerprint density at radius 1 is 1.29 bits per heavy atom. The van der Waals surface area contributed by atoms with Crippen molar-refractivity contribution in [3.63, 3.8) is 0 Å². The summed E-state index contributed by atoms with van der Waals surface area (Å²) in [4.78, 5) is 14.0. The SMILES string of the molecule is CCOc1ccccc1CN1CCC([C@H]2OCC[C@@H]2C(N)=O)CC1. The number of hydrogen-bond acceptors (Lipinski definition) is 4. The molecule has 2 aliphatic heterocycles. The molecular formula is C19H28N2O3. The van der Waals surface area contributed by atoms with Gasteiger partial charge >= 0.3 is 0 Å². The molecule has 1 aromatic rings. The van der Waals surface area contributed by atoms with Crippen LogP contribution in [-0.2, 0) is 16.1 Å². The molecule has 2 fully saturated rings. The number of para-hydroxylation sites is 1. The predicted octanol–water partition coefficient (Wildman–Crippen LogP) is 2.19. The third-order valence-electron chi connectivity index (χ3n) is 5.26. The standard InChI is InChI=1S/C19H28N2O3/c1-2-23-17-6-4-3-5-15(17)13-21-10-7-14(8-11-21)18-16(19(20)22)9-12-24-18/h3-6,14,16,18H,2,7-13H2,1H3,(H2,20,22)/t16-,18+/m0/s1. The van der Waals surface area contributed by atoms with Gasteiger partial charge in [0.2, 0.25) is 5.91 Å². The van der Waals surface area contributed by atoms with E-state index in [9.17, 15) is 4.79 Å². The number of carbonyl (C=O) groups excluding carboxylic acids is 1. The summed E-state index contributed by atoms with van der Waals surface area (Å²) < 4.78 is 11.6. The lowest BCUT2D eigenvalue weighted by Crippen LogP contribution is -2.41. The van der Waals surface area contributed by atoms with Gasteiger partial charge in [0.05, 0.1) is 18.6 Å². The molecule has 0 saturated carbocycles. The first-order valence-corrected chi connectivity index (χ1v) is 9.03. The van der Waals surface area contributed by atoms with Crippen LogP contribution in [0.25, 0.3) is 0 Å². The molecule has 1 amide bonds. The van der Waals surface area contributed by atoms with Crippen molar-refractivity contribution in [1.29, 1.82) is 0 Å². The van der Waals surface area contributed by atoms with Gasteiger partial charge < -0.3 is 15.2 Å². The Hall–Kier alpha value is -1.59. The van der Waals surface area contributed by atoms with Gasteiger partial charge in [0.1, 0.15) is 5.75 Å². The number of benzene rings is 1. The maximum absolute atomic E-state index is 11.6. The molecule has 2 N–H and O–H groups in total. The zero-order valence-electron chi connectivity index (χ0n) is 14.4. The quantitative estimate of drug-likeness (QED) is 0.867. The first kappa shape index (κ1) is 17.2. The van der Waals surface area contributed by atoms with Crippen LogP contribution in [0, 0.1) is 11.8 Å². The fourth-order valence-electron chi connectivity index (χ4n) is 3.99. The molecule has 2 atom stereocenters. The summed E-state index contributed by atoms with van der Waals surface area (Å²) in [7, 11) is 0. The lowest BCUT2D eigenvalue weighted by Gasteiger charge is -2.35. The van der Waals surface area contributed by atoms with Crippen LogP contribution in [0.5, 0.6) is 5.75 Å². The number of nitrogens with zero attached hydrogens (tertiary/aromatic N) is 1. The summed E-state index contributed by atoms with van der Waals surface area (Å²) in [5, 5.41) is 0. The fraction of sp³-hybridized carbons (Fsp3) is 0.632. The molecule has 3 rings (SSSR count). The minimum atomic E-state index is -0.203. The Bertz CT molecular complexity index is 555. The summed E-state index contributed by atoms with van der Waals surface area (Å²) in [6, 6.07) is 8.26. The number of hydrogen-bond donors (Lipinski definition) is 1. The van der Waals surface area contributed by atoms with E-state index in [0.29, 0.717) is 19.1 Å². The zero-order chi connectivity index (χ0) is 16.9. The van der Waals surface area contributed by atoms with Crippen LogP contribution in [0.4, 0.5) is 0 Å². The van der Waals surface area contributed by atoms with Crippen LogP contribution in [0.15, 0.2) is 24.3 Å². The molecule has 0 bridgehead atoms. The van der Waals surface area contributed by atoms with E-state index in [1.165, 1.54) is 5.56 Å². The lowest BCUT2D eigenvalue weighted by molar-refractivity contribution is -0.124. The molecule has 0 aromatic heterocycles. The minimum Gasteiger partial charge on any atom is -0.494 e. The Morgan fingerprint density at radius 3 is 2.75 bits per heavy atom. The average Bonchev–Trinajstić information content (AvgIpc) is 3.07. The molecule has 0 unspecified atom stereocenters. The van der Waals surface area contributed by atoms with Crippen LogP contribution in [0.3, 0.4) is 0 Å². The van der Waals surface area contributed by atoms with E-state index < -0.39 is 0 Å². The summed E-state index contributed by atoms with van der Waals surface area (Å²) in [6.07, 6.45) is 2.93. The Morgan fingerprint density at radius 2 is 2.04 bits per heavy atom. The smallest absolute Gasteiger partial charge is 0.223 e. The molecule has 2 aliphatic rings. The second-order valence-electron chi connectivity index (χ2n) is 6.79. The minimum absolute atomic E-state index is 0.0281. The highest BCUT2D eigenvalue weighted by Crippen LogP contribution is 2.33. The zero-order valence-corrected chi connectivity index (χ0v) is 14.4. The Labute approximate surface area is 144 Å². The topological polar surface area (TPSA) is 64.8 Å². The average molecular weight is 332 g/mol. The maximum atomic E-state index is 11.6. The van der Waals surface area contributed by atoms with E-state index in [1.54, 1.807) is 0 Å². The van der Waals surface area contributed by atoms with Crippen molar-refractivity contribution >= 4 is 5.91 Å². The lowest BCUT2D eigenvalue weighted by atomic mass is 9.84. The van der Waals surface area contributed by atoms with Gasteiger partial charge in [0, 0.05) is 18.7 Å². The third kappa shape index (κ3) is 3.90. The van der Waals surface area contributed by atoms with E-state index >= 15 is 0 Å². The van der Waals surface area contributed by atoms with Gasteiger partial charge in [-0.2, -0.15) is 0 Å². The first-order chi connectivity index (χ1) is 11.7. The van der Waals surface area contributed by atoms with Gasteiger partial charge in [-0.05, 0) is 51.3 Å². The van der Waals surface area contributed by atoms with Crippen molar-refractivity contribution in [2.75, 3.05) is 26.3 Å². The van der Waals surface area contributed by atoms with Gasteiger partial charge in [0.25, 0.3) is 0 Å². The molecule has 132 valence electrons. The van der Waals surface area contributed by atoms with Gasteiger partial charge in [-0.15, -0.1) is 0 Å². The van der Waals surface area contributed by atoms with Gasteiger partial charge in [-0.25, -0.2) is 0 Å². The van der Waals surface area contributed by atoms with Gasteiger partial charge in [-0.3, -0.25) is 9.69 Å². The molecule has 5 heteroatoms. The van der Waals surface area contributed by atoms with Crippen LogP contribution in [0.2, 0.25) is 0 Å². The van der Waals surface area contributed by atoms with Gasteiger partial charge in [-0.1, -0.05) is 18.2 Å². The molecule has 0 radical (unpaired) electrons. The number of primary amides is 1. The highest BCUT2D eigenvalue weighted by molar-refractivity contribution is 5.77. The number of amides is 1. The van der Waals surface area contributed by atoms with E-state index in [2.05, 4.69) is 17.0 Å². The molecule has 5 nitrogen and oxygen atoms in total. The van der Waals surface area contributed by atoms with Crippen molar-refractivity contribution < 1.29 is 14.3 Å². The summed E-state index contributed by atoms with van der Waals surface area (Å²) >= 11 is 0. The summed E-state index contributed by atoms with van der Waals surface area (Å²) in [6.45, 7) is 6.33. The van der Waals surface area contributed by atoms with E-state index in [-0.39, 0.29) is 17.9 Å². The highest BCUT2D eigenvalue weighted by atomic mass is 16.5. The Balaban J connectivity index is 1.55. The molecule has 24 heavy (non-hydrogen) atoms. The molecule has 2 heterocycles. The molecule has 0 spiro atoms. The molecule has 2 saturated heterocycles. The number of piperidine rings is 1. The van der Waals surface area contributed by atoms with Crippen molar-refractivity contribution in [3.8, 4) is 5.75 Å². The number of carbonyl (C=O) groups is 1. The molecular weight excluding hydrogens is 304 g/mol. The maximum Gasteiger partial charge on any atom is 0.223 e. The van der Waals surface area contributed by atoms with Gasteiger partial charge in [0.15, 0.2) is 0 Å². The fourth-order valence-corrected chi connectivity index (χ4v) is 3.99. The van der Waals surface area contributed by atoms with Crippen molar-refractivity contribution in [2.24, 2.45) is 17.6 Å². The van der Waals surface area contributed by atoms with Crippen molar-refractivity contribution in [3.05, 3.63) is 29.8 Å². The predicted molar refractivity (Wildman–Crippen MR) is 92.7 cm³/mol. The largest absolute Gasteiger partial charge is 0.494 e. The summed E-state index contributed by atoms with van der Waals surface area (Å²) in [5.41, 5.74) is 6.77. The highest BCUT2D eigenvalue weighted by Gasteiger charge is 2.39. The van der Waals surface area contributed by atoms with Crippen molar-refractivity contribution in [1.82, 2.24) is 4.90 Å². The van der Waals surface area contributed by atoms with Crippen molar-refractivity contribution in [2.45, 2.75) is 38.8 Å².